The third-order valence-corrected chi connectivity index (χ3v) is 10.0. The molecule has 3 atom stereocenters. The molecule has 29 heavy (non-hydrogen) atoms. The molecule has 0 nitrogen and oxygen atoms in total. The van der Waals surface area contributed by atoms with Gasteiger partial charge in [-0.2, -0.15) is 11.8 Å². The zero-order valence-corrected chi connectivity index (χ0v) is 21.5. The second-order valence-electron chi connectivity index (χ2n) is 11.5. The molecule has 2 fully saturated rings. The first-order chi connectivity index (χ1) is 14.0. The van der Waals surface area contributed by atoms with E-state index >= 15 is 0 Å². The predicted molar refractivity (Wildman–Crippen MR) is 135 cm³/mol. The summed E-state index contributed by atoms with van der Waals surface area (Å²) in [5, 5.41) is 0. The van der Waals surface area contributed by atoms with Crippen LogP contribution in [0.4, 0.5) is 0 Å². The first-order valence-electron chi connectivity index (χ1n) is 13.6. The van der Waals surface area contributed by atoms with Gasteiger partial charge in [-0.15, -0.1) is 0 Å². The molecule has 1 heteroatoms. The van der Waals surface area contributed by atoms with E-state index in [4.69, 9.17) is 0 Å². The zero-order valence-electron chi connectivity index (χ0n) is 20.7. The summed E-state index contributed by atoms with van der Waals surface area (Å²) in [5.41, 5.74) is 0.638. The number of rotatable bonds is 18. The molecular weight excluding hydrogens is 368 g/mol. The standard InChI is InChI=1S/C28H54S/c1-5-6-7-8-9-10-11-12-13-14-15-16-17-18-19-20-21-29-28(4)24-25-22-26(28)23-27(25,2)3/h25-26H,5-24H2,1-4H3. The molecule has 2 saturated carbocycles. The van der Waals surface area contributed by atoms with E-state index in [2.05, 4.69) is 39.5 Å². The van der Waals surface area contributed by atoms with Crippen molar-refractivity contribution in [1.29, 1.82) is 0 Å². The van der Waals surface area contributed by atoms with Gasteiger partial charge in [0.05, 0.1) is 0 Å². The minimum Gasteiger partial charge on any atom is -0.155 e. The fourth-order valence-corrected chi connectivity index (χ4v) is 7.71. The van der Waals surface area contributed by atoms with Crippen LogP contribution in [0.1, 0.15) is 150 Å². The second-order valence-corrected chi connectivity index (χ2v) is 13.1. The van der Waals surface area contributed by atoms with Crippen LogP contribution >= 0.6 is 11.8 Å². The molecule has 0 spiro atoms. The third kappa shape index (κ3) is 9.16. The van der Waals surface area contributed by atoms with E-state index in [0.717, 1.165) is 11.8 Å². The van der Waals surface area contributed by atoms with Crippen LogP contribution in [0.15, 0.2) is 0 Å². The molecule has 0 amide bonds. The summed E-state index contributed by atoms with van der Waals surface area (Å²) in [5.74, 6) is 3.43. The quantitative estimate of drug-likeness (QED) is 0.198. The summed E-state index contributed by atoms with van der Waals surface area (Å²) in [4.78, 5) is 0. The lowest BCUT2D eigenvalue weighted by molar-refractivity contribution is 0.195. The Morgan fingerprint density at radius 2 is 1.03 bits per heavy atom. The number of fused-ring (bicyclic) bond motifs is 2. The lowest BCUT2D eigenvalue weighted by Crippen LogP contribution is -2.34. The lowest BCUT2D eigenvalue weighted by atomic mass is 9.73. The molecule has 0 aromatic carbocycles. The number of hydrogen-bond acceptors (Lipinski definition) is 1. The van der Waals surface area contributed by atoms with Gasteiger partial charge >= 0.3 is 0 Å². The maximum Gasteiger partial charge on any atom is 0.0163 e. The summed E-state index contributed by atoms with van der Waals surface area (Å²) in [6, 6.07) is 0. The van der Waals surface area contributed by atoms with Crippen LogP contribution in [-0.4, -0.2) is 10.5 Å². The van der Waals surface area contributed by atoms with Crippen LogP contribution in [0, 0.1) is 17.3 Å². The van der Waals surface area contributed by atoms with Crippen LogP contribution in [0.3, 0.4) is 0 Å². The Morgan fingerprint density at radius 3 is 1.41 bits per heavy atom. The highest BCUT2D eigenvalue weighted by molar-refractivity contribution is 8.00. The van der Waals surface area contributed by atoms with Gasteiger partial charge in [-0.1, -0.05) is 124 Å². The number of thioether (sulfide) groups is 1. The fourth-order valence-electron chi connectivity index (χ4n) is 6.16. The molecule has 0 saturated heterocycles. The average molecular weight is 423 g/mol. The molecule has 0 aromatic rings. The van der Waals surface area contributed by atoms with Crippen molar-refractivity contribution >= 4 is 11.8 Å². The summed E-state index contributed by atoms with van der Waals surface area (Å²) < 4.78 is 0.621. The number of unbranched alkanes of at least 4 members (excludes halogenated alkanes) is 15. The van der Waals surface area contributed by atoms with Gasteiger partial charge in [0.2, 0.25) is 0 Å². The molecule has 2 bridgehead atoms. The monoisotopic (exact) mass is 422 g/mol. The van der Waals surface area contributed by atoms with Crippen molar-refractivity contribution in [3.8, 4) is 0 Å². The Labute approximate surface area is 189 Å². The van der Waals surface area contributed by atoms with Gasteiger partial charge in [0.15, 0.2) is 0 Å². The maximum absolute atomic E-state index is 2.59. The normalized spacial score (nSPS) is 27.7. The van der Waals surface area contributed by atoms with Crippen molar-refractivity contribution in [2.24, 2.45) is 17.3 Å². The highest BCUT2D eigenvalue weighted by atomic mass is 32.2. The Kier molecular flexibility index (Phi) is 12.1. The SMILES string of the molecule is CCCCCCCCCCCCCCCCCCSC1(C)CC2CC1CC2(C)C. The Bertz CT molecular complexity index is 415. The van der Waals surface area contributed by atoms with Crippen molar-refractivity contribution in [2.75, 3.05) is 5.75 Å². The highest BCUT2D eigenvalue weighted by Crippen LogP contribution is 2.63. The molecule has 2 aliphatic rings. The van der Waals surface area contributed by atoms with Crippen molar-refractivity contribution < 1.29 is 0 Å². The molecule has 3 unspecified atom stereocenters. The second kappa shape index (κ2) is 13.7. The minimum atomic E-state index is 0.621. The Hall–Kier alpha value is 0.350. The van der Waals surface area contributed by atoms with E-state index < -0.39 is 0 Å². The van der Waals surface area contributed by atoms with E-state index in [1.54, 1.807) is 0 Å². The minimum absolute atomic E-state index is 0.621. The first-order valence-corrected chi connectivity index (χ1v) is 14.6. The maximum atomic E-state index is 2.59. The van der Waals surface area contributed by atoms with Gasteiger partial charge in [0.1, 0.15) is 0 Å². The van der Waals surface area contributed by atoms with Gasteiger partial charge in [-0.3, -0.25) is 0 Å². The van der Waals surface area contributed by atoms with Crippen molar-refractivity contribution in [1.82, 2.24) is 0 Å². The van der Waals surface area contributed by atoms with E-state index in [9.17, 15) is 0 Å². The van der Waals surface area contributed by atoms with Crippen molar-refractivity contribution in [3.05, 3.63) is 0 Å². The molecule has 2 rings (SSSR count). The third-order valence-electron chi connectivity index (χ3n) is 8.39. The average Bonchev–Trinajstić information content (AvgIpc) is 3.16. The molecule has 2 aliphatic carbocycles. The number of hydrogen-bond donors (Lipinski definition) is 0. The largest absolute Gasteiger partial charge is 0.155 e. The summed E-state index contributed by atoms with van der Waals surface area (Å²) >= 11 is 2.34. The van der Waals surface area contributed by atoms with Crippen LogP contribution in [0.2, 0.25) is 0 Å². The van der Waals surface area contributed by atoms with Gasteiger partial charge in [-0.05, 0) is 48.7 Å². The molecule has 0 heterocycles. The van der Waals surface area contributed by atoms with E-state index in [1.165, 1.54) is 128 Å². The molecule has 0 aromatic heterocycles. The molecule has 0 N–H and O–H groups in total. The smallest absolute Gasteiger partial charge is 0.0163 e. The topological polar surface area (TPSA) is 0 Å². The summed E-state index contributed by atoms with van der Waals surface area (Å²) in [6.07, 6.45) is 28.1. The van der Waals surface area contributed by atoms with Gasteiger partial charge in [0.25, 0.3) is 0 Å². The first kappa shape index (κ1) is 25.6. The van der Waals surface area contributed by atoms with Crippen LogP contribution in [-0.2, 0) is 0 Å². The predicted octanol–water partition coefficient (Wildman–Crippen LogP) is 10.2. The van der Waals surface area contributed by atoms with Gasteiger partial charge < -0.3 is 0 Å². The van der Waals surface area contributed by atoms with Crippen LogP contribution in [0.25, 0.3) is 0 Å². The molecule has 0 radical (unpaired) electrons. The van der Waals surface area contributed by atoms with Gasteiger partial charge in [0, 0.05) is 4.75 Å². The van der Waals surface area contributed by atoms with Crippen molar-refractivity contribution in [3.63, 3.8) is 0 Å². The zero-order chi connectivity index (χ0) is 21.0. The molecule has 172 valence electrons. The van der Waals surface area contributed by atoms with E-state index in [1.807, 2.05) is 0 Å². The van der Waals surface area contributed by atoms with E-state index in [-0.39, 0.29) is 0 Å². The fraction of sp³-hybridized carbons (Fsp3) is 1.00. The summed E-state index contributed by atoms with van der Waals surface area (Å²) in [6.45, 7) is 9.92. The van der Waals surface area contributed by atoms with E-state index in [0.29, 0.717) is 10.2 Å². The molecular formula is C28H54S. The Morgan fingerprint density at radius 1 is 0.586 bits per heavy atom. The Balaban J connectivity index is 1.30. The van der Waals surface area contributed by atoms with Crippen LogP contribution < -0.4 is 0 Å². The summed E-state index contributed by atoms with van der Waals surface area (Å²) in [7, 11) is 0. The molecule has 0 aliphatic heterocycles. The van der Waals surface area contributed by atoms with Gasteiger partial charge in [-0.25, -0.2) is 0 Å². The van der Waals surface area contributed by atoms with Crippen LogP contribution in [0.5, 0.6) is 0 Å². The lowest BCUT2D eigenvalue weighted by Gasteiger charge is -2.40. The highest BCUT2D eigenvalue weighted by Gasteiger charge is 2.55. The van der Waals surface area contributed by atoms with Crippen molar-refractivity contribution in [2.45, 2.75) is 154 Å².